The molecule has 0 radical (unpaired) electrons. The Morgan fingerprint density at radius 3 is 2.64 bits per heavy atom. The zero-order chi connectivity index (χ0) is 23.5. The number of pyridine rings is 1. The minimum absolute atomic E-state index is 0.0424. The van der Waals surface area contributed by atoms with Gasteiger partial charge in [0.1, 0.15) is 11.6 Å². The molecule has 4 rings (SSSR count). The Hall–Kier alpha value is -3.84. The summed E-state index contributed by atoms with van der Waals surface area (Å²) >= 11 is 6.49. The first kappa shape index (κ1) is 22.4. The number of hydrogen-bond acceptors (Lipinski definition) is 5. The first-order chi connectivity index (χ1) is 15.8. The number of carboxylic acids is 1. The van der Waals surface area contributed by atoms with Crippen molar-refractivity contribution < 1.29 is 14.6 Å². The average Bonchev–Trinajstić information content (AvgIpc) is 3.17. The van der Waals surface area contributed by atoms with Crippen LogP contribution in [0, 0.1) is 6.92 Å². The number of aryl methyl sites for hydroxylation is 1. The molecule has 7 nitrogen and oxygen atoms in total. The number of anilines is 2. The molecule has 4 aromatic rings. The van der Waals surface area contributed by atoms with Crippen LogP contribution in [-0.4, -0.2) is 31.9 Å². The normalized spacial score (nSPS) is 10.9. The highest BCUT2D eigenvalue weighted by molar-refractivity contribution is 6.32. The molecule has 0 saturated carbocycles. The van der Waals surface area contributed by atoms with Crippen molar-refractivity contribution >= 4 is 29.1 Å². The van der Waals surface area contributed by atoms with Crippen LogP contribution in [0.2, 0.25) is 5.02 Å². The number of ether oxygens (including phenoxy) is 1. The molecule has 2 N–H and O–H groups in total. The van der Waals surface area contributed by atoms with Crippen LogP contribution < -0.4 is 10.1 Å². The molecule has 0 amide bonds. The van der Waals surface area contributed by atoms with E-state index in [4.69, 9.17) is 21.4 Å². The summed E-state index contributed by atoms with van der Waals surface area (Å²) in [6.45, 7) is 5.83. The number of aromatic carboxylic acids is 1. The van der Waals surface area contributed by atoms with Crippen molar-refractivity contribution in [3.8, 4) is 22.7 Å². The number of nitrogens with zero attached hydrogens (tertiary/aromatic N) is 3. The van der Waals surface area contributed by atoms with E-state index >= 15 is 0 Å². The summed E-state index contributed by atoms with van der Waals surface area (Å²) in [6.07, 6.45) is 3.30. The Morgan fingerprint density at radius 1 is 1.12 bits per heavy atom. The lowest BCUT2D eigenvalue weighted by molar-refractivity contribution is 0.0698. The van der Waals surface area contributed by atoms with Crippen LogP contribution >= 0.6 is 11.6 Å². The lowest BCUT2D eigenvalue weighted by Gasteiger charge is -2.14. The van der Waals surface area contributed by atoms with E-state index in [0.717, 1.165) is 16.9 Å². The summed E-state index contributed by atoms with van der Waals surface area (Å²) in [5, 5.41) is 18.0. The van der Waals surface area contributed by atoms with E-state index in [1.165, 1.54) is 0 Å². The van der Waals surface area contributed by atoms with E-state index < -0.39 is 5.97 Å². The Bertz CT molecular complexity index is 1300. The largest absolute Gasteiger partial charge is 0.491 e. The van der Waals surface area contributed by atoms with E-state index in [0.29, 0.717) is 27.9 Å². The maximum absolute atomic E-state index is 11.7. The van der Waals surface area contributed by atoms with Crippen molar-refractivity contribution in [1.29, 1.82) is 0 Å². The van der Waals surface area contributed by atoms with Gasteiger partial charge in [0, 0.05) is 24.0 Å². The van der Waals surface area contributed by atoms with Gasteiger partial charge in [-0.2, -0.15) is 5.10 Å². The van der Waals surface area contributed by atoms with Crippen molar-refractivity contribution in [2.45, 2.75) is 26.9 Å². The van der Waals surface area contributed by atoms with Gasteiger partial charge in [-0.05, 0) is 50.6 Å². The van der Waals surface area contributed by atoms with Crippen LogP contribution in [0.4, 0.5) is 11.5 Å². The number of benzene rings is 2. The fraction of sp³-hybridized carbons (Fsp3) is 0.160. The second kappa shape index (κ2) is 9.34. The monoisotopic (exact) mass is 462 g/mol. The Labute approximate surface area is 196 Å². The zero-order valence-corrected chi connectivity index (χ0v) is 19.2. The smallest absolute Gasteiger partial charge is 0.337 e. The SMILES string of the molecule is Cc1cncc(Cl)c1-n1nc(-c2cccc(OC(C)C)c2)cc1Nc1ccccc1C(=O)O. The lowest BCUT2D eigenvalue weighted by atomic mass is 10.1. The predicted molar refractivity (Wildman–Crippen MR) is 129 cm³/mol. The molecule has 0 aliphatic rings. The molecular formula is C25H23ClN4O3. The van der Waals surface area contributed by atoms with E-state index in [-0.39, 0.29) is 11.7 Å². The van der Waals surface area contributed by atoms with Gasteiger partial charge in [0.25, 0.3) is 0 Å². The van der Waals surface area contributed by atoms with E-state index in [2.05, 4.69) is 10.3 Å². The molecule has 0 spiro atoms. The molecule has 0 saturated heterocycles. The number of halogens is 1. The lowest BCUT2D eigenvalue weighted by Crippen LogP contribution is -2.08. The standard InChI is InChI=1S/C25H23ClN4O3/c1-15(2)33-18-8-6-7-17(11-18)22-12-23(28-21-10-5-4-9-19(21)25(31)32)30(29-22)24-16(3)13-27-14-20(24)26/h4-15,28H,1-3H3,(H,31,32). The van der Waals surface area contributed by atoms with Crippen molar-refractivity contribution in [3.63, 3.8) is 0 Å². The minimum atomic E-state index is -1.03. The van der Waals surface area contributed by atoms with Crippen molar-refractivity contribution in [3.05, 3.63) is 83.1 Å². The van der Waals surface area contributed by atoms with Gasteiger partial charge in [-0.1, -0.05) is 35.9 Å². The van der Waals surface area contributed by atoms with Crippen LogP contribution in [0.1, 0.15) is 29.8 Å². The molecule has 0 fully saturated rings. The molecule has 0 unspecified atom stereocenters. The molecule has 33 heavy (non-hydrogen) atoms. The third-order valence-electron chi connectivity index (χ3n) is 4.90. The summed E-state index contributed by atoms with van der Waals surface area (Å²) in [6, 6.07) is 16.2. The molecule has 2 aromatic heterocycles. The van der Waals surface area contributed by atoms with Crippen molar-refractivity contribution in [2.75, 3.05) is 5.32 Å². The maximum atomic E-state index is 11.7. The predicted octanol–water partition coefficient (Wildman–Crippen LogP) is 6.13. The van der Waals surface area contributed by atoms with Crippen LogP contribution in [0.3, 0.4) is 0 Å². The zero-order valence-electron chi connectivity index (χ0n) is 18.4. The molecule has 0 aliphatic carbocycles. The highest BCUT2D eigenvalue weighted by Gasteiger charge is 2.18. The van der Waals surface area contributed by atoms with Crippen LogP contribution in [0.15, 0.2) is 67.0 Å². The van der Waals surface area contributed by atoms with Crippen molar-refractivity contribution in [2.24, 2.45) is 0 Å². The fourth-order valence-corrected chi connectivity index (χ4v) is 3.78. The molecule has 2 aromatic carbocycles. The molecule has 0 bridgehead atoms. The highest BCUT2D eigenvalue weighted by Crippen LogP contribution is 2.33. The molecule has 0 atom stereocenters. The van der Waals surface area contributed by atoms with Gasteiger partial charge in [0.15, 0.2) is 0 Å². The summed E-state index contributed by atoms with van der Waals surface area (Å²) < 4.78 is 7.50. The summed E-state index contributed by atoms with van der Waals surface area (Å²) in [5.74, 6) is 0.270. The van der Waals surface area contributed by atoms with Gasteiger partial charge in [-0.3, -0.25) is 4.98 Å². The van der Waals surface area contributed by atoms with E-state index in [1.54, 1.807) is 41.3 Å². The number of aromatic nitrogens is 3. The summed E-state index contributed by atoms with van der Waals surface area (Å²) in [5.41, 5.74) is 3.59. The van der Waals surface area contributed by atoms with E-state index in [1.807, 2.05) is 51.1 Å². The Morgan fingerprint density at radius 2 is 1.91 bits per heavy atom. The summed E-state index contributed by atoms with van der Waals surface area (Å²) in [4.78, 5) is 15.9. The van der Waals surface area contributed by atoms with Gasteiger partial charge in [0.05, 0.1) is 33.8 Å². The number of carboxylic acid groups (broad SMARTS) is 1. The fourth-order valence-electron chi connectivity index (χ4n) is 3.49. The maximum Gasteiger partial charge on any atom is 0.337 e. The van der Waals surface area contributed by atoms with Crippen LogP contribution in [-0.2, 0) is 0 Å². The number of nitrogens with one attached hydrogen (secondary N) is 1. The Kier molecular flexibility index (Phi) is 6.33. The molecule has 168 valence electrons. The third kappa shape index (κ3) is 4.83. The first-order valence-corrected chi connectivity index (χ1v) is 10.8. The topological polar surface area (TPSA) is 89.3 Å². The van der Waals surface area contributed by atoms with Gasteiger partial charge in [-0.25, -0.2) is 9.48 Å². The molecule has 2 heterocycles. The van der Waals surface area contributed by atoms with Gasteiger partial charge < -0.3 is 15.2 Å². The molecule has 0 aliphatic heterocycles. The summed E-state index contributed by atoms with van der Waals surface area (Å²) in [7, 11) is 0. The van der Waals surface area contributed by atoms with Crippen LogP contribution in [0.25, 0.3) is 16.9 Å². The minimum Gasteiger partial charge on any atom is -0.491 e. The number of para-hydroxylation sites is 1. The number of rotatable bonds is 7. The van der Waals surface area contributed by atoms with Gasteiger partial charge in [0.2, 0.25) is 0 Å². The average molecular weight is 463 g/mol. The quantitative estimate of drug-likeness (QED) is 0.343. The van der Waals surface area contributed by atoms with Crippen molar-refractivity contribution in [1.82, 2.24) is 14.8 Å². The second-order valence-corrected chi connectivity index (χ2v) is 8.19. The van der Waals surface area contributed by atoms with Gasteiger partial charge in [-0.15, -0.1) is 0 Å². The van der Waals surface area contributed by atoms with Crippen LogP contribution in [0.5, 0.6) is 5.75 Å². The van der Waals surface area contributed by atoms with E-state index in [9.17, 15) is 9.90 Å². The first-order valence-electron chi connectivity index (χ1n) is 10.4. The molecular weight excluding hydrogens is 440 g/mol. The third-order valence-corrected chi connectivity index (χ3v) is 5.18. The second-order valence-electron chi connectivity index (χ2n) is 7.78. The highest BCUT2D eigenvalue weighted by atomic mass is 35.5. The van der Waals surface area contributed by atoms with Gasteiger partial charge >= 0.3 is 5.97 Å². The number of hydrogen-bond donors (Lipinski definition) is 2. The number of carbonyl (C=O) groups is 1. The Balaban J connectivity index is 1.86. The molecule has 8 heteroatoms.